The molecule has 1 heterocycles. The quantitative estimate of drug-likeness (QED) is 0.682. The summed E-state index contributed by atoms with van der Waals surface area (Å²) in [7, 11) is 0. The van der Waals surface area contributed by atoms with Crippen molar-refractivity contribution in [3.8, 4) is 0 Å². The molecule has 2 rings (SSSR count). The Balaban J connectivity index is 2.08. The van der Waals surface area contributed by atoms with Gasteiger partial charge >= 0.3 is 0 Å². The Bertz CT molecular complexity index is 240. The van der Waals surface area contributed by atoms with E-state index in [1.165, 1.54) is 51.6 Å². The molecule has 0 aromatic carbocycles. The summed E-state index contributed by atoms with van der Waals surface area (Å²) in [6.45, 7) is 12.6. The molecule has 1 saturated carbocycles. The van der Waals surface area contributed by atoms with Crippen LogP contribution in [-0.4, -0.2) is 23.5 Å². The zero-order chi connectivity index (χ0) is 11.8. The average Bonchev–Trinajstić information content (AvgIpc) is 2.69. The molecule has 0 bridgehead atoms. The van der Waals surface area contributed by atoms with Gasteiger partial charge in [0.05, 0.1) is 0 Å². The lowest BCUT2D eigenvalue weighted by Gasteiger charge is -2.52. The molecule has 0 N–H and O–H groups in total. The summed E-state index contributed by atoms with van der Waals surface area (Å²) in [6, 6.07) is 0. The Morgan fingerprint density at radius 2 is 1.75 bits per heavy atom. The van der Waals surface area contributed by atoms with Gasteiger partial charge in [-0.3, -0.25) is 4.90 Å². The van der Waals surface area contributed by atoms with Crippen LogP contribution < -0.4 is 0 Å². The highest BCUT2D eigenvalue weighted by molar-refractivity contribution is 4.99. The summed E-state index contributed by atoms with van der Waals surface area (Å²) in [4.78, 5) is 2.78. The molecule has 0 radical (unpaired) electrons. The maximum atomic E-state index is 2.78. The molecule has 1 nitrogen and oxygen atoms in total. The summed E-state index contributed by atoms with van der Waals surface area (Å²) >= 11 is 0. The molecule has 16 heavy (non-hydrogen) atoms. The van der Waals surface area contributed by atoms with Crippen LogP contribution in [0.1, 0.15) is 66.2 Å². The van der Waals surface area contributed by atoms with Crippen LogP contribution in [-0.2, 0) is 0 Å². The predicted molar refractivity (Wildman–Crippen MR) is 70.6 cm³/mol. The molecule has 94 valence electrons. The fourth-order valence-corrected chi connectivity index (χ4v) is 4.37. The molecule has 2 unspecified atom stereocenters. The van der Waals surface area contributed by atoms with Crippen LogP contribution in [0.2, 0.25) is 0 Å². The minimum Gasteiger partial charge on any atom is -0.298 e. The van der Waals surface area contributed by atoms with Crippen LogP contribution in [0.4, 0.5) is 0 Å². The van der Waals surface area contributed by atoms with E-state index in [1.807, 2.05) is 0 Å². The van der Waals surface area contributed by atoms with E-state index < -0.39 is 0 Å². The van der Waals surface area contributed by atoms with E-state index in [-0.39, 0.29) is 0 Å². The monoisotopic (exact) mass is 223 g/mol. The topological polar surface area (TPSA) is 3.24 Å². The van der Waals surface area contributed by atoms with Gasteiger partial charge in [0, 0.05) is 5.54 Å². The Hall–Kier alpha value is -0.0400. The highest BCUT2D eigenvalue weighted by Gasteiger charge is 2.45. The van der Waals surface area contributed by atoms with Gasteiger partial charge in [-0.05, 0) is 63.5 Å². The van der Waals surface area contributed by atoms with Crippen molar-refractivity contribution in [2.24, 2.45) is 11.3 Å². The van der Waals surface area contributed by atoms with E-state index in [0.717, 1.165) is 5.92 Å². The van der Waals surface area contributed by atoms with Gasteiger partial charge in [0.15, 0.2) is 0 Å². The molecule has 1 heteroatoms. The lowest BCUT2D eigenvalue weighted by molar-refractivity contribution is -0.00515. The largest absolute Gasteiger partial charge is 0.298 e. The Morgan fingerprint density at radius 3 is 2.25 bits per heavy atom. The molecule has 0 aromatic rings. The highest BCUT2D eigenvalue weighted by atomic mass is 15.2. The first kappa shape index (κ1) is 12.4. The Morgan fingerprint density at radius 1 is 1.12 bits per heavy atom. The van der Waals surface area contributed by atoms with Gasteiger partial charge in [0.2, 0.25) is 0 Å². The molecule has 2 atom stereocenters. The molecule has 0 spiro atoms. The standard InChI is InChI=1S/C15H29N/c1-5-13-8-9-15(4,12-14(13,2)3)16-10-6-7-11-16/h13H,5-12H2,1-4H3. The number of hydrogen-bond acceptors (Lipinski definition) is 1. The smallest absolute Gasteiger partial charge is 0.0186 e. The van der Waals surface area contributed by atoms with E-state index in [4.69, 9.17) is 0 Å². The maximum Gasteiger partial charge on any atom is 0.0186 e. The van der Waals surface area contributed by atoms with E-state index in [1.54, 1.807) is 0 Å². The van der Waals surface area contributed by atoms with Gasteiger partial charge in [0.1, 0.15) is 0 Å². The summed E-state index contributed by atoms with van der Waals surface area (Å²) in [5.74, 6) is 0.947. The van der Waals surface area contributed by atoms with Crippen LogP contribution in [0.15, 0.2) is 0 Å². The summed E-state index contributed by atoms with van der Waals surface area (Å²) < 4.78 is 0. The van der Waals surface area contributed by atoms with Gasteiger partial charge in [-0.25, -0.2) is 0 Å². The molecule has 2 fully saturated rings. The normalized spacial score (nSPS) is 40.1. The van der Waals surface area contributed by atoms with Crippen molar-refractivity contribution < 1.29 is 0 Å². The Kier molecular flexibility index (Phi) is 3.36. The Labute approximate surface area is 102 Å². The minimum absolute atomic E-state index is 0.506. The van der Waals surface area contributed by atoms with E-state index in [2.05, 4.69) is 32.6 Å². The number of hydrogen-bond donors (Lipinski definition) is 0. The van der Waals surface area contributed by atoms with Crippen molar-refractivity contribution in [3.63, 3.8) is 0 Å². The second kappa shape index (κ2) is 4.33. The lowest BCUT2D eigenvalue weighted by atomic mass is 9.61. The molecule has 1 saturated heterocycles. The zero-order valence-electron chi connectivity index (χ0n) is 11.7. The third-order valence-corrected chi connectivity index (χ3v) is 5.34. The minimum atomic E-state index is 0.506. The first-order valence-electron chi connectivity index (χ1n) is 7.23. The van der Waals surface area contributed by atoms with Crippen LogP contribution >= 0.6 is 0 Å². The van der Waals surface area contributed by atoms with Gasteiger partial charge in [-0.1, -0.05) is 27.2 Å². The maximum absolute atomic E-state index is 2.78. The number of likely N-dealkylation sites (tertiary alicyclic amines) is 1. The van der Waals surface area contributed by atoms with Gasteiger partial charge in [-0.15, -0.1) is 0 Å². The second-order valence-electron chi connectivity index (χ2n) is 7.00. The zero-order valence-corrected chi connectivity index (χ0v) is 11.7. The molecule has 1 aliphatic carbocycles. The van der Waals surface area contributed by atoms with Crippen molar-refractivity contribution in [3.05, 3.63) is 0 Å². The molecular formula is C15H29N. The third kappa shape index (κ3) is 2.16. The molecule has 0 amide bonds. The number of rotatable bonds is 2. The fourth-order valence-electron chi connectivity index (χ4n) is 4.37. The predicted octanol–water partition coefficient (Wildman–Crippen LogP) is 4.08. The van der Waals surface area contributed by atoms with Crippen LogP contribution in [0.25, 0.3) is 0 Å². The summed E-state index contributed by atoms with van der Waals surface area (Å²) in [5, 5.41) is 0. The molecule has 1 aliphatic heterocycles. The third-order valence-electron chi connectivity index (χ3n) is 5.34. The van der Waals surface area contributed by atoms with Crippen LogP contribution in [0, 0.1) is 11.3 Å². The van der Waals surface area contributed by atoms with E-state index in [0.29, 0.717) is 11.0 Å². The van der Waals surface area contributed by atoms with Crippen molar-refractivity contribution in [1.82, 2.24) is 4.90 Å². The van der Waals surface area contributed by atoms with Gasteiger partial charge in [-0.2, -0.15) is 0 Å². The van der Waals surface area contributed by atoms with Crippen molar-refractivity contribution in [2.75, 3.05) is 13.1 Å². The molecule has 2 aliphatic rings. The van der Waals surface area contributed by atoms with Crippen molar-refractivity contribution in [2.45, 2.75) is 71.8 Å². The first-order valence-corrected chi connectivity index (χ1v) is 7.23. The second-order valence-corrected chi connectivity index (χ2v) is 7.00. The lowest BCUT2D eigenvalue weighted by Crippen LogP contribution is -2.52. The van der Waals surface area contributed by atoms with Crippen molar-refractivity contribution >= 4 is 0 Å². The van der Waals surface area contributed by atoms with Crippen molar-refractivity contribution in [1.29, 1.82) is 0 Å². The molecule has 0 aromatic heterocycles. The van der Waals surface area contributed by atoms with Crippen LogP contribution in [0.5, 0.6) is 0 Å². The summed E-state index contributed by atoms with van der Waals surface area (Å²) in [5.41, 5.74) is 1.05. The summed E-state index contributed by atoms with van der Waals surface area (Å²) in [6.07, 6.45) is 8.48. The average molecular weight is 223 g/mol. The van der Waals surface area contributed by atoms with Gasteiger partial charge in [0.25, 0.3) is 0 Å². The fraction of sp³-hybridized carbons (Fsp3) is 1.00. The SMILES string of the molecule is CCC1CCC(C)(N2CCCC2)CC1(C)C. The van der Waals surface area contributed by atoms with Crippen LogP contribution in [0.3, 0.4) is 0 Å². The van der Waals surface area contributed by atoms with E-state index >= 15 is 0 Å². The highest BCUT2D eigenvalue weighted by Crippen LogP contribution is 2.49. The first-order chi connectivity index (χ1) is 7.48. The van der Waals surface area contributed by atoms with E-state index in [9.17, 15) is 0 Å². The number of nitrogens with zero attached hydrogens (tertiary/aromatic N) is 1. The van der Waals surface area contributed by atoms with Gasteiger partial charge < -0.3 is 0 Å². The molecular weight excluding hydrogens is 194 g/mol.